The van der Waals surface area contributed by atoms with E-state index >= 15 is 0 Å². The predicted molar refractivity (Wildman–Crippen MR) is 298 cm³/mol. The van der Waals surface area contributed by atoms with E-state index in [0.29, 0.717) is 17.5 Å². The lowest BCUT2D eigenvalue weighted by atomic mass is 9.77. The highest BCUT2D eigenvalue weighted by Gasteiger charge is 2.57. The summed E-state index contributed by atoms with van der Waals surface area (Å²) < 4.78 is 12.4. The van der Waals surface area contributed by atoms with Crippen LogP contribution in [0.2, 0.25) is 15.9 Å². The number of benzene rings is 10. The van der Waals surface area contributed by atoms with Crippen molar-refractivity contribution in [1.82, 2.24) is 29.9 Å². The Labute approximate surface area is 454 Å². The molecule has 0 spiro atoms. The Kier molecular flexibility index (Phi) is 14.1. The standard InChI is InChI=1S/C27H16ClN3.C24H22BO2.C9H5Cl2N3.HI/c28-27-30-25(17-8-2-1-3-9-17)29-26(31-27)18-14-15-23-21-12-5-4-10-19(21)20-11-6-7-13-22(20)24(23)16-18;1-23(2)24(3,4)27-25(26-23)16-13-14-21-19-11-6-5-9-17(19)18-10-7-8-12-20(18)22(21)15-16;10-8-12-7(13-9(11)14-8)6-4-2-1-3-5-6;/h1-16H;5-15H,1H2,2-4H3;1-5H;1H/q;+1;;/p-1. The summed E-state index contributed by atoms with van der Waals surface area (Å²) in [5.74, 6) is 1.62. The van der Waals surface area contributed by atoms with Crippen molar-refractivity contribution in [2.24, 2.45) is 0 Å². The van der Waals surface area contributed by atoms with Gasteiger partial charge in [-0.2, -0.15) is 24.9 Å². The van der Waals surface area contributed by atoms with Gasteiger partial charge in [-0.25, -0.2) is 4.98 Å². The second-order valence-electron chi connectivity index (χ2n) is 18.2. The lowest BCUT2D eigenvalue weighted by Gasteiger charge is -2.25. The molecule has 73 heavy (non-hydrogen) atoms. The van der Waals surface area contributed by atoms with Crippen LogP contribution < -0.4 is 29.4 Å². The van der Waals surface area contributed by atoms with Gasteiger partial charge in [-0.15, -0.1) is 0 Å². The number of aromatic nitrogens is 6. The molecule has 0 bridgehead atoms. The summed E-state index contributed by atoms with van der Waals surface area (Å²) in [6, 6.07) is 66.4. The second-order valence-corrected chi connectivity index (χ2v) is 19.3. The minimum Gasteiger partial charge on any atom is -1.00 e. The molecule has 1 unspecified atom stereocenters. The number of halogens is 4. The van der Waals surface area contributed by atoms with Crippen LogP contribution in [0.25, 0.3) is 98.8 Å². The fourth-order valence-electron chi connectivity index (χ4n) is 9.29. The topological polar surface area (TPSA) is 95.8 Å². The van der Waals surface area contributed by atoms with Gasteiger partial charge in [0.25, 0.3) is 0 Å². The lowest BCUT2D eigenvalue weighted by Crippen LogP contribution is -3.00. The molecule has 356 valence electrons. The Bertz CT molecular complexity index is 3910. The van der Waals surface area contributed by atoms with Crippen molar-refractivity contribution >= 4 is 112 Å². The first-order chi connectivity index (χ1) is 34.9. The van der Waals surface area contributed by atoms with E-state index in [0.717, 1.165) is 22.2 Å². The van der Waals surface area contributed by atoms with Gasteiger partial charge in [-0.1, -0.05) is 188 Å². The van der Waals surface area contributed by atoms with E-state index in [1.54, 1.807) is 0 Å². The van der Waals surface area contributed by atoms with Crippen LogP contribution >= 0.6 is 34.8 Å². The summed E-state index contributed by atoms with van der Waals surface area (Å²) in [7, 11) is -0.405. The highest BCUT2D eigenvalue weighted by Crippen LogP contribution is 2.39. The monoisotopic (exact) mass is 1120 g/mol. The molecule has 2 aromatic heterocycles. The van der Waals surface area contributed by atoms with E-state index in [9.17, 15) is 0 Å². The SMILES string of the molecule is Clc1nc(-c2ccccc2)nc(-c2ccc3c4ccccc4c4ccccc4c3c2)n1.Clc1nc(Cl)nc(-c2ccccc2)n1.[CH2+]C1(C)OB(c2ccc3c4ccccc4c4ccccc4c3c2)OC1(C)C.[I-]. The minimum absolute atomic E-state index is 0. The Hall–Kier alpha value is -6.77. The number of fused-ring (bicyclic) bond motifs is 12. The van der Waals surface area contributed by atoms with Crippen molar-refractivity contribution in [1.29, 1.82) is 0 Å². The smallest absolute Gasteiger partial charge is 0.498 e. The van der Waals surface area contributed by atoms with Gasteiger partial charge in [-0.3, -0.25) is 0 Å². The number of nitrogens with zero attached hydrogens (tertiary/aromatic N) is 6. The minimum atomic E-state index is -0.585. The molecule has 0 amide bonds. The molecule has 1 aliphatic rings. The molecule has 0 saturated carbocycles. The predicted octanol–water partition coefficient (Wildman–Crippen LogP) is 12.4. The zero-order chi connectivity index (χ0) is 49.6. The third-order valence-corrected chi connectivity index (χ3v) is 13.8. The van der Waals surface area contributed by atoms with E-state index in [1.807, 2.05) is 81.4 Å². The molecule has 10 aromatic carbocycles. The zero-order valence-electron chi connectivity index (χ0n) is 39.8. The molecule has 0 aliphatic carbocycles. The van der Waals surface area contributed by atoms with Gasteiger partial charge in [0.15, 0.2) is 17.5 Å². The van der Waals surface area contributed by atoms with Crippen molar-refractivity contribution in [3.8, 4) is 34.2 Å². The normalized spacial score (nSPS) is 15.0. The van der Waals surface area contributed by atoms with E-state index < -0.39 is 18.3 Å². The molecule has 8 nitrogen and oxygen atoms in total. The van der Waals surface area contributed by atoms with Crippen LogP contribution in [-0.2, 0) is 9.31 Å². The zero-order valence-corrected chi connectivity index (χ0v) is 44.2. The Morgan fingerprint density at radius 1 is 0.356 bits per heavy atom. The number of hydrogen-bond donors (Lipinski definition) is 0. The van der Waals surface area contributed by atoms with Crippen LogP contribution in [0.5, 0.6) is 0 Å². The van der Waals surface area contributed by atoms with Crippen LogP contribution in [0.3, 0.4) is 0 Å². The maximum atomic E-state index is 6.28. The molecule has 1 saturated heterocycles. The van der Waals surface area contributed by atoms with Crippen LogP contribution in [-0.4, -0.2) is 48.2 Å². The maximum Gasteiger partial charge on any atom is 0.498 e. The number of rotatable bonds is 4. The summed E-state index contributed by atoms with van der Waals surface area (Å²) >= 11 is 17.6. The summed E-state index contributed by atoms with van der Waals surface area (Å²) in [6.07, 6.45) is 0. The van der Waals surface area contributed by atoms with Crippen molar-refractivity contribution in [3.05, 3.63) is 217 Å². The first-order valence-corrected chi connectivity index (χ1v) is 24.5. The molecule has 12 aromatic rings. The summed E-state index contributed by atoms with van der Waals surface area (Å²) in [6.45, 7) is 10.3. The third kappa shape index (κ3) is 9.91. The van der Waals surface area contributed by atoms with Gasteiger partial charge < -0.3 is 33.3 Å². The van der Waals surface area contributed by atoms with E-state index in [-0.39, 0.29) is 39.8 Å². The van der Waals surface area contributed by atoms with Gasteiger partial charge in [0.2, 0.25) is 21.5 Å². The van der Waals surface area contributed by atoms with E-state index in [2.05, 4.69) is 165 Å². The van der Waals surface area contributed by atoms with Gasteiger partial charge in [0.1, 0.15) is 5.60 Å². The Balaban J connectivity index is 0.000000133. The quantitative estimate of drug-likeness (QED) is 0.0744. The van der Waals surface area contributed by atoms with Crippen molar-refractivity contribution in [2.45, 2.75) is 32.0 Å². The highest BCUT2D eigenvalue weighted by molar-refractivity contribution is 6.62. The molecule has 3 heterocycles. The lowest BCUT2D eigenvalue weighted by molar-refractivity contribution is -0.0000168. The van der Waals surface area contributed by atoms with E-state index in [1.165, 1.54) is 64.6 Å². The highest BCUT2D eigenvalue weighted by atomic mass is 127. The average Bonchev–Trinajstić information content (AvgIpc) is 3.64. The molecule has 1 fully saturated rings. The summed E-state index contributed by atoms with van der Waals surface area (Å²) in [4.78, 5) is 25.1. The van der Waals surface area contributed by atoms with Crippen LogP contribution in [0.1, 0.15) is 20.8 Å². The van der Waals surface area contributed by atoms with Crippen LogP contribution in [0.15, 0.2) is 194 Å². The van der Waals surface area contributed by atoms with Crippen molar-refractivity contribution in [2.75, 3.05) is 0 Å². The Morgan fingerprint density at radius 3 is 1.10 bits per heavy atom. The number of hydrogen-bond acceptors (Lipinski definition) is 8. The van der Waals surface area contributed by atoms with Crippen LogP contribution in [0, 0.1) is 6.92 Å². The molecule has 0 radical (unpaired) electrons. The van der Waals surface area contributed by atoms with Crippen molar-refractivity contribution < 1.29 is 33.3 Å². The third-order valence-electron chi connectivity index (χ3n) is 13.3. The molecule has 1 atom stereocenters. The Morgan fingerprint density at radius 2 is 0.685 bits per heavy atom. The van der Waals surface area contributed by atoms with Crippen molar-refractivity contribution in [3.63, 3.8) is 0 Å². The molecule has 13 rings (SSSR count). The van der Waals surface area contributed by atoms with Gasteiger partial charge in [0, 0.05) is 23.6 Å². The molecule has 0 N–H and O–H groups in total. The first kappa shape index (κ1) is 49.8. The average molecular weight is 1120 g/mol. The molecular weight excluding hydrogens is 1080 g/mol. The fraction of sp³-hybridized carbons (Fsp3) is 0.0833. The fourth-order valence-corrected chi connectivity index (χ4v) is 9.81. The summed E-state index contributed by atoms with van der Waals surface area (Å²) in [5.41, 5.74) is 2.68. The van der Waals surface area contributed by atoms with Crippen LogP contribution in [0.4, 0.5) is 0 Å². The van der Waals surface area contributed by atoms with Gasteiger partial charge >= 0.3 is 7.12 Å². The second kappa shape index (κ2) is 20.6. The van der Waals surface area contributed by atoms with E-state index in [4.69, 9.17) is 49.1 Å². The molecule has 1 aliphatic heterocycles. The van der Waals surface area contributed by atoms with Gasteiger partial charge in [-0.05, 0) is 125 Å². The summed E-state index contributed by atoms with van der Waals surface area (Å²) in [5, 5.41) is 15.3. The largest absolute Gasteiger partial charge is 1.00 e. The van der Waals surface area contributed by atoms with Gasteiger partial charge in [0.05, 0.1) is 6.92 Å². The molecular formula is C60H43BCl3IN6O2. The maximum absolute atomic E-state index is 6.28. The molecule has 13 heteroatoms. The first-order valence-electron chi connectivity index (χ1n) is 23.4.